The molecular weight excluding hydrogens is 348 g/mol. The van der Waals surface area contributed by atoms with Crippen LogP contribution in [0.5, 0.6) is 0 Å². The number of anilines is 1. The van der Waals surface area contributed by atoms with Crippen molar-refractivity contribution in [1.82, 2.24) is 9.97 Å². The molecule has 0 atom stereocenters. The molecule has 6 nitrogen and oxygen atoms in total. The number of imidazole rings is 1. The molecule has 0 aliphatic rings. The van der Waals surface area contributed by atoms with Gasteiger partial charge in [-0.25, -0.2) is 4.98 Å². The molecule has 0 unspecified atom stereocenters. The van der Waals surface area contributed by atoms with Crippen LogP contribution in [0.4, 0.5) is 5.00 Å². The van der Waals surface area contributed by atoms with Crippen molar-refractivity contribution in [2.75, 3.05) is 5.32 Å². The van der Waals surface area contributed by atoms with Crippen LogP contribution in [-0.2, 0) is 0 Å². The number of aromatic amines is 1. The summed E-state index contributed by atoms with van der Waals surface area (Å²) in [5, 5.41) is 3.23. The summed E-state index contributed by atoms with van der Waals surface area (Å²) >= 11 is 1.31. The average molecular weight is 362 g/mol. The van der Waals surface area contributed by atoms with Gasteiger partial charge in [0.05, 0.1) is 22.9 Å². The Kier molecular flexibility index (Phi) is 3.98. The second-order valence-electron chi connectivity index (χ2n) is 5.67. The highest BCUT2D eigenvalue weighted by Crippen LogP contribution is 2.35. The van der Waals surface area contributed by atoms with Crippen LogP contribution in [0.1, 0.15) is 20.7 Å². The molecule has 2 amide bonds. The third-order valence-corrected chi connectivity index (χ3v) is 5.07. The van der Waals surface area contributed by atoms with Crippen LogP contribution in [0, 0.1) is 0 Å². The maximum Gasteiger partial charge on any atom is 0.256 e. The van der Waals surface area contributed by atoms with Crippen LogP contribution in [0.3, 0.4) is 0 Å². The zero-order chi connectivity index (χ0) is 18.1. The van der Waals surface area contributed by atoms with Gasteiger partial charge < -0.3 is 16.0 Å². The van der Waals surface area contributed by atoms with Gasteiger partial charge in [-0.05, 0) is 29.8 Å². The highest BCUT2D eigenvalue weighted by Gasteiger charge is 2.18. The molecule has 2 aromatic heterocycles. The summed E-state index contributed by atoms with van der Waals surface area (Å²) in [5.74, 6) is -0.902. The highest BCUT2D eigenvalue weighted by atomic mass is 32.1. The van der Waals surface area contributed by atoms with E-state index in [9.17, 15) is 9.59 Å². The average Bonchev–Trinajstić information content (AvgIpc) is 3.28. The number of hydrogen-bond acceptors (Lipinski definition) is 4. The Bertz CT molecular complexity index is 1110. The fraction of sp³-hybridized carbons (Fsp3) is 0. The first-order chi connectivity index (χ1) is 12.6. The molecule has 0 saturated carbocycles. The number of amides is 2. The minimum atomic E-state index is -0.582. The summed E-state index contributed by atoms with van der Waals surface area (Å²) in [7, 11) is 0. The van der Waals surface area contributed by atoms with Gasteiger partial charge in [0.2, 0.25) is 0 Å². The lowest BCUT2D eigenvalue weighted by atomic mass is 10.1. The van der Waals surface area contributed by atoms with E-state index in [1.807, 2.05) is 30.3 Å². The van der Waals surface area contributed by atoms with Crippen LogP contribution in [0.15, 0.2) is 60.9 Å². The van der Waals surface area contributed by atoms with Crippen LogP contribution >= 0.6 is 11.3 Å². The van der Waals surface area contributed by atoms with Gasteiger partial charge in [-0.3, -0.25) is 9.59 Å². The van der Waals surface area contributed by atoms with Gasteiger partial charge in [0, 0.05) is 10.4 Å². The highest BCUT2D eigenvalue weighted by molar-refractivity contribution is 7.20. The normalized spacial score (nSPS) is 10.8. The number of nitrogens with one attached hydrogen (secondary N) is 2. The fourth-order valence-electron chi connectivity index (χ4n) is 2.66. The number of rotatable bonds is 4. The predicted molar refractivity (Wildman–Crippen MR) is 102 cm³/mol. The summed E-state index contributed by atoms with van der Waals surface area (Å²) < 4.78 is 0. The van der Waals surface area contributed by atoms with Gasteiger partial charge in [-0.1, -0.05) is 30.3 Å². The number of H-pyrrole nitrogens is 1. The molecule has 0 fully saturated rings. The summed E-state index contributed by atoms with van der Waals surface area (Å²) in [5.41, 5.74) is 8.74. The van der Waals surface area contributed by atoms with Gasteiger partial charge in [0.1, 0.15) is 5.00 Å². The van der Waals surface area contributed by atoms with E-state index in [1.165, 1.54) is 11.3 Å². The molecule has 128 valence electrons. The second-order valence-corrected chi connectivity index (χ2v) is 6.72. The molecule has 0 saturated heterocycles. The number of aromatic nitrogens is 2. The van der Waals surface area contributed by atoms with E-state index in [4.69, 9.17) is 5.73 Å². The Morgan fingerprint density at radius 1 is 1.08 bits per heavy atom. The topological polar surface area (TPSA) is 101 Å². The Morgan fingerprint density at radius 3 is 2.65 bits per heavy atom. The van der Waals surface area contributed by atoms with Crippen LogP contribution in [0.25, 0.3) is 21.5 Å². The largest absolute Gasteiger partial charge is 0.366 e. The first kappa shape index (κ1) is 16.0. The summed E-state index contributed by atoms with van der Waals surface area (Å²) in [4.78, 5) is 32.4. The van der Waals surface area contributed by atoms with Crippen LogP contribution < -0.4 is 11.1 Å². The number of hydrogen-bond donors (Lipinski definition) is 3. The summed E-state index contributed by atoms with van der Waals surface area (Å²) in [6.45, 7) is 0. The van der Waals surface area contributed by atoms with Crippen molar-refractivity contribution in [3.8, 4) is 10.4 Å². The molecule has 4 aromatic rings. The quantitative estimate of drug-likeness (QED) is 0.516. The van der Waals surface area contributed by atoms with Crippen molar-refractivity contribution in [2.45, 2.75) is 0 Å². The minimum Gasteiger partial charge on any atom is -0.366 e. The van der Waals surface area contributed by atoms with Crippen molar-refractivity contribution in [3.63, 3.8) is 0 Å². The first-order valence-electron chi connectivity index (χ1n) is 7.85. The smallest absolute Gasteiger partial charge is 0.256 e. The number of carbonyl (C=O) groups is 2. The monoisotopic (exact) mass is 362 g/mol. The summed E-state index contributed by atoms with van der Waals surface area (Å²) in [6, 6.07) is 16.5. The maximum atomic E-state index is 12.6. The molecule has 4 rings (SSSR count). The van der Waals surface area contributed by atoms with Crippen molar-refractivity contribution >= 4 is 39.2 Å². The van der Waals surface area contributed by atoms with E-state index in [0.717, 1.165) is 16.0 Å². The lowest BCUT2D eigenvalue weighted by Gasteiger charge is -2.04. The van der Waals surface area contributed by atoms with Gasteiger partial charge in [-0.2, -0.15) is 0 Å². The van der Waals surface area contributed by atoms with Crippen molar-refractivity contribution in [2.24, 2.45) is 5.73 Å². The van der Waals surface area contributed by atoms with Crippen LogP contribution in [0.2, 0.25) is 0 Å². The number of nitrogens with zero attached hydrogens (tertiary/aromatic N) is 1. The van der Waals surface area contributed by atoms with E-state index < -0.39 is 5.91 Å². The molecule has 26 heavy (non-hydrogen) atoms. The van der Waals surface area contributed by atoms with Gasteiger partial charge >= 0.3 is 0 Å². The lowest BCUT2D eigenvalue weighted by Crippen LogP contribution is -2.16. The van der Waals surface area contributed by atoms with E-state index in [0.29, 0.717) is 21.6 Å². The molecule has 7 heteroatoms. The third kappa shape index (κ3) is 2.96. The number of primary amides is 1. The van der Waals surface area contributed by atoms with Gasteiger partial charge in [0.25, 0.3) is 11.8 Å². The Balaban J connectivity index is 1.67. The molecule has 0 spiro atoms. The summed E-state index contributed by atoms with van der Waals surface area (Å²) in [6.07, 6.45) is 1.57. The van der Waals surface area contributed by atoms with Gasteiger partial charge in [-0.15, -0.1) is 11.3 Å². The Hall–Kier alpha value is -3.45. The number of benzene rings is 2. The zero-order valence-electron chi connectivity index (χ0n) is 13.5. The van der Waals surface area contributed by atoms with Gasteiger partial charge in [0.15, 0.2) is 0 Å². The Labute approximate surface area is 152 Å². The molecule has 2 aromatic carbocycles. The lowest BCUT2D eigenvalue weighted by molar-refractivity contribution is 0.100. The van der Waals surface area contributed by atoms with E-state index in [1.54, 1.807) is 30.6 Å². The standard InChI is InChI=1S/C19H14N4O2S/c20-17(24)13-9-16(11-4-2-1-3-5-11)26-19(13)23-18(25)12-6-7-14-15(8-12)22-10-21-14/h1-10H,(H2,20,24)(H,21,22)(H,23,25). The number of carbonyl (C=O) groups excluding carboxylic acids is 2. The molecule has 0 aliphatic carbocycles. The second kappa shape index (κ2) is 6.45. The molecular formula is C19H14N4O2S. The van der Waals surface area contributed by atoms with Crippen molar-refractivity contribution in [3.05, 3.63) is 72.1 Å². The number of fused-ring (bicyclic) bond motifs is 1. The number of thiophene rings is 1. The first-order valence-corrected chi connectivity index (χ1v) is 8.67. The Morgan fingerprint density at radius 2 is 1.88 bits per heavy atom. The van der Waals surface area contributed by atoms with Crippen molar-refractivity contribution in [1.29, 1.82) is 0 Å². The molecule has 4 N–H and O–H groups in total. The molecule has 0 radical (unpaired) electrons. The third-order valence-electron chi connectivity index (χ3n) is 3.97. The fourth-order valence-corrected chi connectivity index (χ4v) is 3.72. The molecule has 0 bridgehead atoms. The maximum absolute atomic E-state index is 12.6. The number of nitrogens with two attached hydrogens (primary N) is 1. The zero-order valence-corrected chi connectivity index (χ0v) is 14.3. The van der Waals surface area contributed by atoms with E-state index >= 15 is 0 Å². The molecule has 2 heterocycles. The van der Waals surface area contributed by atoms with E-state index in [2.05, 4.69) is 15.3 Å². The molecule has 0 aliphatic heterocycles. The minimum absolute atomic E-state index is 0.294. The van der Waals surface area contributed by atoms with E-state index in [-0.39, 0.29) is 5.91 Å². The van der Waals surface area contributed by atoms with Crippen molar-refractivity contribution < 1.29 is 9.59 Å². The SMILES string of the molecule is NC(=O)c1cc(-c2ccccc2)sc1NC(=O)c1ccc2[nH]cnc2c1. The predicted octanol–water partition coefficient (Wildman–Crippen LogP) is 3.64. The van der Waals surface area contributed by atoms with Crippen LogP contribution in [-0.4, -0.2) is 21.8 Å².